The molecule has 5 aromatic carbocycles. The van der Waals surface area contributed by atoms with Crippen LogP contribution < -0.4 is 4.40 Å². The van der Waals surface area contributed by atoms with Gasteiger partial charge in [-0.2, -0.15) is 5.26 Å². The Labute approximate surface area is 277 Å². The normalized spacial score (nSPS) is 12.2. The van der Waals surface area contributed by atoms with Gasteiger partial charge in [-0.25, -0.2) is 4.39 Å². The second-order valence-corrected chi connectivity index (χ2v) is 24.8. The van der Waals surface area contributed by atoms with Gasteiger partial charge in [-0.1, -0.05) is 18.2 Å². The number of para-hydroxylation sites is 3. The van der Waals surface area contributed by atoms with E-state index in [-0.39, 0.29) is 17.4 Å². The molecule has 0 aliphatic carbocycles. The minimum absolute atomic E-state index is 0.0376. The van der Waals surface area contributed by atoms with Crippen LogP contribution in [0.1, 0.15) is 56.2 Å². The molecule has 0 aliphatic rings. The van der Waals surface area contributed by atoms with Crippen LogP contribution in [-0.4, -0.2) is 22.8 Å². The SMILES string of the molecule is CC(C)c1cc(-c2cc[c]([Ge]([CH3])([CH3])[CH3])cc2)cc(C(C)C)c1-n1c(-c2cccc3c2oc2cc(C#N)c(F)cc23)nc2ccccc21. The predicted octanol–water partition coefficient (Wildman–Crippen LogP) is 11.1. The molecule has 0 unspecified atom stereocenters. The third-order valence-electron chi connectivity index (χ3n) is 9.23. The first-order chi connectivity index (χ1) is 22.5. The molecule has 6 heteroatoms. The summed E-state index contributed by atoms with van der Waals surface area (Å²) in [5.74, 6) is 7.95. The van der Waals surface area contributed by atoms with Crippen LogP contribution in [0.2, 0.25) is 17.3 Å². The molecule has 0 atom stereocenters. The molecule has 2 aromatic heterocycles. The average Bonchev–Trinajstić information content (AvgIpc) is 3.61. The van der Waals surface area contributed by atoms with Crippen molar-refractivity contribution in [3.63, 3.8) is 0 Å². The summed E-state index contributed by atoms with van der Waals surface area (Å²) in [5.41, 5.74) is 9.81. The number of nitrogens with zero attached hydrogens (tertiary/aromatic N) is 3. The van der Waals surface area contributed by atoms with Crippen molar-refractivity contribution in [2.24, 2.45) is 0 Å². The topological polar surface area (TPSA) is 54.8 Å². The number of hydrogen-bond donors (Lipinski definition) is 0. The van der Waals surface area contributed by atoms with Gasteiger partial charge in [-0.05, 0) is 6.07 Å². The molecule has 0 spiro atoms. The van der Waals surface area contributed by atoms with Crippen LogP contribution in [0.5, 0.6) is 0 Å². The Kier molecular flexibility index (Phi) is 7.60. The van der Waals surface area contributed by atoms with Crippen molar-refractivity contribution in [2.45, 2.75) is 56.8 Å². The molecule has 0 bridgehead atoms. The van der Waals surface area contributed by atoms with Crippen LogP contribution in [0.3, 0.4) is 0 Å². The fourth-order valence-electron chi connectivity index (χ4n) is 6.66. The van der Waals surface area contributed by atoms with E-state index < -0.39 is 19.1 Å². The first kappa shape index (κ1) is 31.0. The number of aromatic nitrogens is 2. The van der Waals surface area contributed by atoms with E-state index in [4.69, 9.17) is 9.40 Å². The van der Waals surface area contributed by atoms with E-state index in [1.165, 1.54) is 38.8 Å². The molecule has 0 amide bonds. The zero-order valence-corrected chi connectivity index (χ0v) is 30.0. The molecule has 7 rings (SSSR count). The van der Waals surface area contributed by atoms with Gasteiger partial charge in [0.2, 0.25) is 0 Å². The number of imidazole rings is 1. The standard InChI is InChI=1S/C41H38FGeN3O/c1-24(2)32-19-27(26-15-17-29(18-16-26)43(5,6)7)20-33(25(3)4)39(32)46-37-14-9-8-13-36(37)45-41(46)31-12-10-11-30-34-22-35(42)28(23-44)21-38(34)47-40(30)31/h8-22,24-25H,1-7H3. The number of hydrogen-bond acceptors (Lipinski definition) is 3. The fraction of sp³-hybridized carbons (Fsp3) is 0.220. The second kappa shape index (κ2) is 11.5. The quantitative estimate of drug-likeness (QED) is 0.164. The number of furan rings is 1. The zero-order chi connectivity index (χ0) is 33.2. The molecular formula is C41H38FGeN3O. The van der Waals surface area contributed by atoms with Gasteiger partial charge in [0, 0.05) is 16.8 Å². The third-order valence-corrected chi connectivity index (χ3v) is 13.6. The minimum atomic E-state index is -1.94. The number of halogens is 1. The molecule has 0 radical (unpaired) electrons. The van der Waals surface area contributed by atoms with Crippen molar-refractivity contribution in [1.82, 2.24) is 9.55 Å². The monoisotopic (exact) mass is 681 g/mol. The van der Waals surface area contributed by atoms with Gasteiger partial charge in [0.1, 0.15) is 17.5 Å². The van der Waals surface area contributed by atoms with Gasteiger partial charge < -0.3 is 4.42 Å². The summed E-state index contributed by atoms with van der Waals surface area (Å²) in [4.78, 5) is 5.23. The molecule has 0 aliphatic heterocycles. The van der Waals surface area contributed by atoms with Crippen molar-refractivity contribution < 1.29 is 8.81 Å². The fourth-order valence-corrected chi connectivity index (χ4v) is 9.11. The number of nitriles is 1. The van der Waals surface area contributed by atoms with E-state index in [1.807, 2.05) is 36.4 Å². The van der Waals surface area contributed by atoms with Gasteiger partial charge in [0.05, 0.1) is 5.56 Å². The summed E-state index contributed by atoms with van der Waals surface area (Å²) in [6.45, 7) is 9.01. The first-order valence-corrected chi connectivity index (χ1v) is 23.6. The molecule has 0 saturated carbocycles. The van der Waals surface area contributed by atoms with Gasteiger partial charge >= 0.3 is 201 Å². The Morgan fingerprint density at radius 3 is 2.11 bits per heavy atom. The van der Waals surface area contributed by atoms with E-state index in [2.05, 4.69) is 98.1 Å². The average molecular weight is 680 g/mol. The van der Waals surface area contributed by atoms with E-state index in [0.29, 0.717) is 16.6 Å². The summed E-state index contributed by atoms with van der Waals surface area (Å²) in [7, 11) is 0. The molecule has 7 aromatic rings. The first-order valence-electron chi connectivity index (χ1n) is 16.3. The van der Waals surface area contributed by atoms with Crippen LogP contribution in [0.4, 0.5) is 4.39 Å². The van der Waals surface area contributed by atoms with E-state index >= 15 is 0 Å². The Balaban J connectivity index is 1.53. The Bertz CT molecular complexity index is 2340. The van der Waals surface area contributed by atoms with Crippen molar-refractivity contribution in [3.8, 4) is 34.3 Å². The van der Waals surface area contributed by atoms with Gasteiger partial charge in [-0.15, -0.1) is 0 Å². The van der Waals surface area contributed by atoms with Gasteiger partial charge in [0.25, 0.3) is 0 Å². The number of fused-ring (bicyclic) bond motifs is 4. The molecule has 0 N–H and O–H groups in total. The summed E-state index contributed by atoms with van der Waals surface area (Å²) in [6, 6.07) is 32.9. The summed E-state index contributed by atoms with van der Waals surface area (Å²) >= 11 is -1.94. The molecule has 234 valence electrons. The zero-order valence-electron chi connectivity index (χ0n) is 27.9. The molecule has 0 saturated heterocycles. The van der Waals surface area contributed by atoms with Gasteiger partial charge in [-0.3, -0.25) is 0 Å². The Hall–Kier alpha value is -4.67. The van der Waals surface area contributed by atoms with Crippen LogP contribution in [0.15, 0.2) is 95.4 Å². The summed E-state index contributed by atoms with van der Waals surface area (Å²) in [5, 5.41) is 10.9. The summed E-state index contributed by atoms with van der Waals surface area (Å²) < 4.78 is 25.0. The van der Waals surface area contributed by atoms with Crippen molar-refractivity contribution in [2.75, 3.05) is 0 Å². The van der Waals surface area contributed by atoms with Crippen molar-refractivity contribution in [3.05, 3.63) is 114 Å². The second-order valence-electron chi connectivity index (χ2n) is 14.1. The number of rotatable bonds is 6. The Morgan fingerprint density at radius 2 is 1.47 bits per heavy atom. The van der Waals surface area contributed by atoms with Crippen LogP contribution in [0.25, 0.3) is 61.2 Å². The molecule has 4 nitrogen and oxygen atoms in total. The predicted molar refractivity (Wildman–Crippen MR) is 195 cm³/mol. The van der Waals surface area contributed by atoms with Crippen LogP contribution >= 0.6 is 0 Å². The maximum atomic E-state index is 14.8. The van der Waals surface area contributed by atoms with Crippen molar-refractivity contribution >= 4 is 50.6 Å². The van der Waals surface area contributed by atoms with E-state index in [9.17, 15) is 9.65 Å². The Morgan fingerprint density at radius 1 is 0.787 bits per heavy atom. The van der Waals surface area contributed by atoms with Crippen LogP contribution in [0, 0.1) is 17.1 Å². The van der Waals surface area contributed by atoms with Gasteiger partial charge in [0.15, 0.2) is 0 Å². The number of benzene rings is 5. The summed E-state index contributed by atoms with van der Waals surface area (Å²) in [6.07, 6.45) is 0. The van der Waals surface area contributed by atoms with Crippen LogP contribution in [-0.2, 0) is 0 Å². The third kappa shape index (κ3) is 5.25. The van der Waals surface area contributed by atoms with E-state index in [0.717, 1.165) is 33.5 Å². The molecule has 47 heavy (non-hydrogen) atoms. The molecule has 0 fully saturated rings. The molecule has 2 heterocycles. The molecular weight excluding hydrogens is 642 g/mol. The van der Waals surface area contributed by atoms with Crippen molar-refractivity contribution in [1.29, 1.82) is 5.26 Å². The maximum absolute atomic E-state index is 14.8. The van der Waals surface area contributed by atoms with E-state index in [1.54, 1.807) is 0 Å².